The van der Waals surface area contributed by atoms with Crippen LogP contribution in [0.15, 0.2) is 12.1 Å². The van der Waals surface area contributed by atoms with Crippen molar-refractivity contribution in [2.24, 2.45) is 0 Å². The molecule has 1 aromatic rings. The van der Waals surface area contributed by atoms with E-state index < -0.39 is 0 Å². The Hall–Kier alpha value is -1.17. The highest BCUT2D eigenvalue weighted by Crippen LogP contribution is 2.19. The molecule has 0 amide bonds. The zero-order valence-corrected chi connectivity index (χ0v) is 12.9. The van der Waals surface area contributed by atoms with Crippen LogP contribution in [0.2, 0.25) is 0 Å². The molecule has 0 aliphatic heterocycles. The second-order valence-corrected chi connectivity index (χ2v) is 4.88. The lowest BCUT2D eigenvalue weighted by atomic mass is 10.1. The van der Waals surface area contributed by atoms with Crippen LogP contribution in [0.5, 0.6) is 5.88 Å². The first kappa shape index (κ1) is 16.9. The minimum atomic E-state index is 0.382. The Bertz CT molecular complexity index is 383. The molecule has 1 heterocycles. The van der Waals surface area contributed by atoms with Gasteiger partial charge in [0, 0.05) is 25.4 Å². The summed E-state index contributed by atoms with van der Waals surface area (Å²) >= 11 is 0. The summed E-state index contributed by atoms with van der Waals surface area (Å²) in [6, 6.07) is 4.08. The number of rotatable bonds is 10. The smallest absolute Gasteiger partial charge is 0.213 e. The molecule has 1 aromatic heterocycles. The molecule has 0 unspecified atom stereocenters. The van der Waals surface area contributed by atoms with Crippen LogP contribution in [0.4, 0.5) is 0 Å². The van der Waals surface area contributed by atoms with E-state index in [1.54, 1.807) is 7.11 Å². The van der Waals surface area contributed by atoms with Crippen molar-refractivity contribution >= 4 is 0 Å². The predicted molar refractivity (Wildman–Crippen MR) is 79.3 cm³/mol. The van der Waals surface area contributed by atoms with Crippen LogP contribution in [0.1, 0.15) is 31.0 Å². The number of nitrogens with one attached hydrogen (secondary N) is 1. The molecular formula is C15H26N2O3. The summed E-state index contributed by atoms with van der Waals surface area (Å²) in [6.07, 6.45) is 0. The van der Waals surface area contributed by atoms with E-state index in [0.29, 0.717) is 38.2 Å². The standard InChI is InChI=1S/C15H26N2O3/c1-12(2)14-9-13(11-16-3)10-15(17-14)20-8-7-19-6-5-18-4/h9-10,12,16H,5-8,11H2,1-4H3. The average Bonchev–Trinajstić information content (AvgIpc) is 2.43. The normalized spacial score (nSPS) is 11.1. The van der Waals surface area contributed by atoms with Crippen LogP contribution in [-0.4, -0.2) is 45.6 Å². The lowest BCUT2D eigenvalue weighted by Gasteiger charge is -2.12. The van der Waals surface area contributed by atoms with Gasteiger partial charge in [-0.05, 0) is 24.6 Å². The van der Waals surface area contributed by atoms with Crippen molar-refractivity contribution < 1.29 is 14.2 Å². The van der Waals surface area contributed by atoms with Gasteiger partial charge in [0.2, 0.25) is 5.88 Å². The van der Waals surface area contributed by atoms with E-state index in [9.17, 15) is 0 Å². The fraction of sp³-hybridized carbons (Fsp3) is 0.667. The van der Waals surface area contributed by atoms with Crippen molar-refractivity contribution in [1.29, 1.82) is 0 Å². The van der Waals surface area contributed by atoms with Gasteiger partial charge in [-0.3, -0.25) is 0 Å². The van der Waals surface area contributed by atoms with E-state index in [2.05, 4.69) is 30.2 Å². The van der Waals surface area contributed by atoms with E-state index in [1.165, 1.54) is 5.56 Å². The third-order valence-electron chi connectivity index (χ3n) is 2.76. The SMILES string of the molecule is CNCc1cc(OCCOCCOC)nc(C(C)C)c1. The first-order chi connectivity index (χ1) is 9.67. The second-order valence-electron chi connectivity index (χ2n) is 4.88. The summed E-state index contributed by atoms with van der Waals surface area (Å²) in [7, 11) is 3.59. The van der Waals surface area contributed by atoms with Crippen molar-refractivity contribution in [2.75, 3.05) is 40.6 Å². The monoisotopic (exact) mass is 282 g/mol. The van der Waals surface area contributed by atoms with Crippen LogP contribution in [0.3, 0.4) is 0 Å². The van der Waals surface area contributed by atoms with E-state index in [4.69, 9.17) is 14.2 Å². The van der Waals surface area contributed by atoms with Gasteiger partial charge in [-0.25, -0.2) is 4.98 Å². The van der Waals surface area contributed by atoms with Crippen molar-refractivity contribution in [3.8, 4) is 5.88 Å². The van der Waals surface area contributed by atoms with Gasteiger partial charge in [0.05, 0.1) is 19.8 Å². The number of ether oxygens (including phenoxy) is 3. The first-order valence-corrected chi connectivity index (χ1v) is 7.02. The van der Waals surface area contributed by atoms with Crippen LogP contribution in [0.25, 0.3) is 0 Å². The molecule has 0 saturated heterocycles. The first-order valence-electron chi connectivity index (χ1n) is 7.02. The molecule has 0 spiro atoms. The minimum absolute atomic E-state index is 0.382. The Balaban J connectivity index is 2.50. The van der Waals surface area contributed by atoms with Crippen LogP contribution in [0, 0.1) is 0 Å². The fourth-order valence-electron chi connectivity index (χ4n) is 1.71. The Kier molecular flexibility index (Phi) is 8.18. The molecular weight excluding hydrogens is 256 g/mol. The Morgan fingerprint density at radius 2 is 1.90 bits per heavy atom. The summed E-state index contributed by atoms with van der Waals surface area (Å²) in [5.74, 6) is 1.05. The summed E-state index contributed by atoms with van der Waals surface area (Å²) in [4.78, 5) is 4.52. The maximum absolute atomic E-state index is 5.66. The number of pyridine rings is 1. The topological polar surface area (TPSA) is 52.6 Å². The molecule has 114 valence electrons. The van der Waals surface area contributed by atoms with Gasteiger partial charge in [0.15, 0.2) is 0 Å². The van der Waals surface area contributed by atoms with Gasteiger partial charge >= 0.3 is 0 Å². The van der Waals surface area contributed by atoms with Gasteiger partial charge in [0.25, 0.3) is 0 Å². The molecule has 0 radical (unpaired) electrons. The van der Waals surface area contributed by atoms with Crippen LogP contribution in [-0.2, 0) is 16.0 Å². The zero-order valence-electron chi connectivity index (χ0n) is 12.9. The highest BCUT2D eigenvalue weighted by molar-refractivity contribution is 5.26. The summed E-state index contributed by atoms with van der Waals surface area (Å²) in [5.41, 5.74) is 2.23. The number of hydrogen-bond acceptors (Lipinski definition) is 5. The van der Waals surface area contributed by atoms with E-state index in [1.807, 2.05) is 13.1 Å². The molecule has 1 rings (SSSR count). The Morgan fingerprint density at radius 1 is 1.15 bits per heavy atom. The summed E-state index contributed by atoms with van der Waals surface area (Å²) < 4.78 is 15.9. The second kappa shape index (κ2) is 9.69. The molecule has 0 saturated carbocycles. The maximum Gasteiger partial charge on any atom is 0.213 e. The van der Waals surface area contributed by atoms with Gasteiger partial charge in [-0.15, -0.1) is 0 Å². The van der Waals surface area contributed by atoms with E-state index in [0.717, 1.165) is 12.2 Å². The van der Waals surface area contributed by atoms with Gasteiger partial charge in [-0.2, -0.15) is 0 Å². The van der Waals surface area contributed by atoms with Gasteiger partial charge in [0.1, 0.15) is 6.61 Å². The fourth-order valence-corrected chi connectivity index (χ4v) is 1.71. The lowest BCUT2D eigenvalue weighted by molar-refractivity contribution is 0.0536. The molecule has 0 fully saturated rings. The Morgan fingerprint density at radius 3 is 2.55 bits per heavy atom. The molecule has 20 heavy (non-hydrogen) atoms. The number of hydrogen-bond donors (Lipinski definition) is 1. The third kappa shape index (κ3) is 6.32. The van der Waals surface area contributed by atoms with Crippen molar-refractivity contribution in [2.45, 2.75) is 26.3 Å². The third-order valence-corrected chi connectivity index (χ3v) is 2.76. The van der Waals surface area contributed by atoms with E-state index >= 15 is 0 Å². The minimum Gasteiger partial charge on any atom is -0.475 e. The zero-order chi connectivity index (χ0) is 14.8. The number of nitrogens with zero attached hydrogens (tertiary/aromatic N) is 1. The highest BCUT2D eigenvalue weighted by atomic mass is 16.5. The summed E-state index contributed by atoms with van der Waals surface area (Å²) in [6.45, 7) is 7.29. The molecule has 0 aliphatic carbocycles. The molecule has 0 aliphatic rings. The van der Waals surface area contributed by atoms with Gasteiger partial charge in [-0.1, -0.05) is 13.8 Å². The Labute approximate surface area is 121 Å². The van der Waals surface area contributed by atoms with Crippen LogP contribution >= 0.6 is 0 Å². The summed E-state index contributed by atoms with van der Waals surface area (Å²) in [5, 5.41) is 3.15. The number of aromatic nitrogens is 1. The average molecular weight is 282 g/mol. The highest BCUT2D eigenvalue weighted by Gasteiger charge is 2.07. The largest absolute Gasteiger partial charge is 0.475 e. The van der Waals surface area contributed by atoms with Crippen molar-refractivity contribution in [3.05, 3.63) is 23.4 Å². The maximum atomic E-state index is 5.66. The molecule has 5 heteroatoms. The molecule has 1 N–H and O–H groups in total. The van der Waals surface area contributed by atoms with Gasteiger partial charge < -0.3 is 19.5 Å². The van der Waals surface area contributed by atoms with Crippen molar-refractivity contribution in [1.82, 2.24) is 10.3 Å². The molecule has 0 bridgehead atoms. The quantitative estimate of drug-likeness (QED) is 0.665. The van der Waals surface area contributed by atoms with E-state index in [-0.39, 0.29) is 0 Å². The van der Waals surface area contributed by atoms with Crippen molar-refractivity contribution in [3.63, 3.8) is 0 Å². The molecule has 5 nitrogen and oxygen atoms in total. The lowest BCUT2D eigenvalue weighted by Crippen LogP contribution is -2.12. The molecule has 0 aromatic carbocycles. The van der Waals surface area contributed by atoms with Crippen LogP contribution < -0.4 is 10.1 Å². The predicted octanol–water partition coefficient (Wildman–Crippen LogP) is 1.97. The molecule has 0 atom stereocenters. The number of methoxy groups -OCH3 is 1.